The van der Waals surface area contributed by atoms with Gasteiger partial charge in [0.2, 0.25) is 0 Å². The van der Waals surface area contributed by atoms with Crippen LogP contribution >= 0.6 is 47.1 Å². The van der Waals surface area contributed by atoms with Crippen LogP contribution in [0.15, 0.2) is 107 Å². The van der Waals surface area contributed by atoms with Crippen LogP contribution in [0, 0.1) is 5.75 Å². The highest BCUT2D eigenvalue weighted by atomic mass is 32.2. The molecule has 2 atom stereocenters. The molecule has 54 heavy (non-hydrogen) atoms. The fourth-order valence-corrected chi connectivity index (χ4v) is 10.7. The van der Waals surface area contributed by atoms with E-state index in [1.165, 1.54) is 25.6 Å². The molecule has 8 rings (SSSR count). The number of thiocarbonyl (C=S) groups is 1. The Hall–Kier alpha value is -4.68. The number of thiazole rings is 1. The lowest BCUT2D eigenvalue weighted by Crippen LogP contribution is -2.35. The maximum Gasteiger partial charge on any atom is 0.323 e. The number of benzene rings is 4. The molecule has 271 valence electrons. The van der Waals surface area contributed by atoms with Crippen molar-refractivity contribution in [2.75, 3.05) is 4.90 Å². The normalized spacial score (nSPS) is 19.3. The highest BCUT2D eigenvalue weighted by Gasteiger charge is 2.42. The molecule has 2 fully saturated rings. The summed E-state index contributed by atoms with van der Waals surface area (Å²) in [7, 11) is 0. The number of aliphatic carboxylic acids is 1. The number of carboxylic acids is 1. The molecule has 2 aliphatic heterocycles. The van der Waals surface area contributed by atoms with Gasteiger partial charge >= 0.3 is 5.97 Å². The average Bonchev–Trinajstić information content (AvgIpc) is 3.92. The van der Waals surface area contributed by atoms with Gasteiger partial charge < -0.3 is 10.0 Å². The van der Waals surface area contributed by atoms with Crippen molar-refractivity contribution in [3.63, 3.8) is 0 Å². The van der Waals surface area contributed by atoms with Crippen LogP contribution < -0.4 is 19.7 Å². The third-order valence-electron chi connectivity index (χ3n) is 10.0. The van der Waals surface area contributed by atoms with E-state index in [4.69, 9.17) is 12.2 Å². The standard InChI is InChI=1S/C43H36N3O4S4/c1-2-52-32-20-15-28(16-21-32)12-11-27-13-18-31(19-14-27)46-35-10-6-9-33(35)34-23-30(17-22-36(34)46)24-37-40(49)44(26-38(47)48)42(53-37)39-41(50)45(43(51)54-39)25-29-7-4-3-5-8-29/h2-5,7-8,11-24,33,35H,6,9-10,25-26H2,1H3,(H,47,48)/b12-11?,37-24-,42-39+. The van der Waals surface area contributed by atoms with Crippen LogP contribution in [-0.4, -0.2) is 36.8 Å². The maximum atomic E-state index is 13.8. The first kappa shape index (κ1) is 36.3. The summed E-state index contributed by atoms with van der Waals surface area (Å²) in [5.74, 6) is 0.968. The SMILES string of the molecule is C[CH]Sc1ccc(C=Cc2ccc(N3c4ccc(/C=c5\s/c(=C6/SC(=S)N(Cc7ccccc7)C6=O)n(CC(=O)O)c5=O)cc4C4CCCC43)cc2)cc1. The predicted molar refractivity (Wildman–Crippen MR) is 226 cm³/mol. The molecule has 1 saturated heterocycles. The van der Waals surface area contributed by atoms with Gasteiger partial charge in [-0.1, -0.05) is 110 Å². The molecule has 1 aromatic heterocycles. The van der Waals surface area contributed by atoms with Crippen LogP contribution in [0.2, 0.25) is 0 Å². The van der Waals surface area contributed by atoms with Gasteiger partial charge in [-0.3, -0.25) is 23.9 Å². The van der Waals surface area contributed by atoms with Crippen molar-refractivity contribution in [2.24, 2.45) is 0 Å². The first-order valence-corrected chi connectivity index (χ1v) is 20.7. The van der Waals surface area contributed by atoms with Gasteiger partial charge in [0.25, 0.3) is 11.5 Å². The second-order valence-electron chi connectivity index (χ2n) is 13.4. The Morgan fingerprint density at radius 3 is 2.33 bits per heavy atom. The number of aromatic nitrogens is 1. The van der Waals surface area contributed by atoms with Crippen molar-refractivity contribution in [1.29, 1.82) is 0 Å². The van der Waals surface area contributed by atoms with E-state index in [1.54, 1.807) is 11.8 Å². The molecule has 1 saturated carbocycles. The van der Waals surface area contributed by atoms with Crippen LogP contribution in [0.5, 0.6) is 0 Å². The molecule has 4 aromatic carbocycles. The van der Waals surface area contributed by atoms with Crippen molar-refractivity contribution in [1.82, 2.24) is 9.47 Å². The van der Waals surface area contributed by atoms with E-state index in [1.807, 2.05) is 49.4 Å². The molecular formula is C43H36N3O4S4. The van der Waals surface area contributed by atoms with Crippen molar-refractivity contribution in [3.8, 4) is 0 Å². The largest absolute Gasteiger partial charge is 0.480 e. The van der Waals surface area contributed by atoms with Gasteiger partial charge in [-0.15, -0.1) is 23.1 Å². The zero-order valence-electron chi connectivity index (χ0n) is 29.4. The van der Waals surface area contributed by atoms with E-state index >= 15 is 0 Å². The highest BCUT2D eigenvalue weighted by Crippen LogP contribution is 2.52. The number of thioether (sulfide) groups is 2. The minimum atomic E-state index is -1.16. The Balaban J connectivity index is 1.09. The Morgan fingerprint density at radius 2 is 1.63 bits per heavy atom. The van der Waals surface area contributed by atoms with Crippen LogP contribution in [0.25, 0.3) is 23.1 Å². The van der Waals surface area contributed by atoms with Gasteiger partial charge in [0.15, 0.2) is 0 Å². The molecule has 3 heterocycles. The number of hydrogen-bond donors (Lipinski definition) is 1. The number of carbonyl (C=O) groups excluding carboxylic acids is 1. The van der Waals surface area contributed by atoms with Gasteiger partial charge in [-0.05, 0) is 83.1 Å². The summed E-state index contributed by atoms with van der Waals surface area (Å²) in [6.45, 7) is 1.78. The molecule has 1 N–H and O–H groups in total. The van der Waals surface area contributed by atoms with E-state index in [9.17, 15) is 19.5 Å². The third-order valence-corrected chi connectivity index (χ3v) is 13.5. The zero-order chi connectivity index (χ0) is 37.3. The Morgan fingerprint density at radius 1 is 0.926 bits per heavy atom. The van der Waals surface area contributed by atoms with Gasteiger partial charge in [-0.2, -0.15) is 0 Å². The summed E-state index contributed by atoms with van der Waals surface area (Å²) in [6, 6.07) is 33.5. The molecule has 1 amide bonds. The second kappa shape index (κ2) is 15.6. The number of carboxylic acid groups (broad SMARTS) is 1. The summed E-state index contributed by atoms with van der Waals surface area (Å²) in [5, 5.41) is 9.73. The van der Waals surface area contributed by atoms with Crippen LogP contribution in [0.4, 0.5) is 11.4 Å². The van der Waals surface area contributed by atoms with Gasteiger partial charge in [0.05, 0.1) is 11.1 Å². The summed E-state index contributed by atoms with van der Waals surface area (Å²) in [5.41, 5.74) is 7.25. The third kappa shape index (κ3) is 7.25. The first-order chi connectivity index (χ1) is 26.3. The summed E-state index contributed by atoms with van der Waals surface area (Å²) >= 11 is 9.54. The number of anilines is 2. The van der Waals surface area contributed by atoms with Crippen molar-refractivity contribution < 1.29 is 14.7 Å². The van der Waals surface area contributed by atoms with E-state index in [0.29, 0.717) is 32.0 Å². The number of carbonyl (C=O) groups is 2. The van der Waals surface area contributed by atoms with E-state index < -0.39 is 18.1 Å². The first-order valence-electron chi connectivity index (χ1n) is 17.8. The minimum absolute atomic E-state index is 0.276. The van der Waals surface area contributed by atoms with Gasteiger partial charge in [0.1, 0.15) is 20.4 Å². The van der Waals surface area contributed by atoms with E-state index in [-0.39, 0.29) is 10.8 Å². The Kier molecular flexibility index (Phi) is 10.5. The zero-order valence-corrected chi connectivity index (χ0v) is 32.6. The fourth-order valence-electron chi connectivity index (χ4n) is 7.58. The number of amides is 1. The monoisotopic (exact) mass is 786 g/mol. The topological polar surface area (TPSA) is 82.8 Å². The van der Waals surface area contributed by atoms with E-state index in [2.05, 4.69) is 83.5 Å². The molecule has 1 aliphatic carbocycles. The summed E-state index contributed by atoms with van der Waals surface area (Å²) < 4.78 is 2.25. The predicted octanol–water partition coefficient (Wildman–Crippen LogP) is 8.22. The number of hydrogen-bond acceptors (Lipinski definition) is 8. The summed E-state index contributed by atoms with van der Waals surface area (Å²) in [6.07, 6.45) is 9.45. The quantitative estimate of drug-likeness (QED) is 0.0863. The molecule has 7 nitrogen and oxygen atoms in total. The lowest BCUT2D eigenvalue weighted by molar-refractivity contribution is -0.137. The highest BCUT2D eigenvalue weighted by molar-refractivity contribution is 8.30. The summed E-state index contributed by atoms with van der Waals surface area (Å²) in [4.78, 5) is 44.8. The Bertz CT molecular complexity index is 2470. The molecular weight excluding hydrogens is 751 g/mol. The molecule has 1 radical (unpaired) electrons. The molecule has 5 aromatic rings. The van der Waals surface area contributed by atoms with E-state index in [0.717, 1.165) is 70.3 Å². The van der Waals surface area contributed by atoms with Crippen LogP contribution in [-0.2, 0) is 22.7 Å². The minimum Gasteiger partial charge on any atom is -0.480 e. The van der Waals surface area contributed by atoms with Gasteiger partial charge in [0, 0.05) is 34.0 Å². The number of nitrogens with zero attached hydrogens (tertiary/aromatic N) is 3. The molecule has 3 aliphatic rings. The van der Waals surface area contributed by atoms with Crippen molar-refractivity contribution in [3.05, 3.63) is 150 Å². The maximum absolute atomic E-state index is 13.8. The molecule has 0 spiro atoms. The number of fused-ring (bicyclic) bond motifs is 3. The number of rotatable bonds is 10. The molecule has 11 heteroatoms. The molecule has 0 bridgehead atoms. The van der Waals surface area contributed by atoms with Crippen molar-refractivity contribution in [2.45, 2.75) is 56.1 Å². The average molecular weight is 787 g/mol. The lowest BCUT2D eigenvalue weighted by Gasteiger charge is -2.27. The van der Waals surface area contributed by atoms with Crippen molar-refractivity contribution >= 4 is 97.8 Å². The lowest BCUT2D eigenvalue weighted by atomic mass is 9.96. The van der Waals surface area contributed by atoms with Crippen LogP contribution in [0.1, 0.15) is 59.9 Å². The fraction of sp³-hybridized carbons (Fsp3) is 0.186. The molecule has 2 unspecified atom stereocenters. The van der Waals surface area contributed by atoms with Gasteiger partial charge in [-0.25, -0.2) is 0 Å². The second-order valence-corrected chi connectivity index (χ2v) is 17.3. The smallest absolute Gasteiger partial charge is 0.323 e. The Labute approximate surface area is 331 Å². The van der Waals surface area contributed by atoms with Crippen LogP contribution in [0.3, 0.4) is 0 Å².